The smallest absolute Gasteiger partial charge is 0.475 e. The average Bonchev–Trinajstić information content (AvgIpc) is 3.01. The van der Waals surface area contributed by atoms with Crippen LogP contribution in [0.15, 0.2) is 91.0 Å². The third-order valence-corrected chi connectivity index (χ3v) is 6.65. The number of rotatable bonds is 24. The Labute approximate surface area is 241 Å². The molecule has 0 spiro atoms. The lowest BCUT2D eigenvalue weighted by Crippen LogP contribution is -2.15. The van der Waals surface area contributed by atoms with E-state index in [0.29, 0.717) is 39.6 Å². The third kappa shape index (κ3) is 15.6. The van der Waals surface area contributed by atoms with Crippen LogP contribution in [0, 0.1) is 0 Å². The summed E-state index contributed by atoms with van der Waals surface area (Å²) in [7, 11) is -3.86. The molecule has 0 heterocycles. The van der Waals surface area contributed by atoms with Gasteiger partial charge in [-0.1, -0.05) is 54.6 Å². The largest absolute Gasteiger partial charge is 0.491 e. The van der Waals surface area contributed by atoms with Gasteiger partial charge in [-0.05, 0) is 36.4 Å². The first-order valence-electron chi connectivity index (χ1n) is 13.5. The molecule has 0 radical (unpaired) electrons. The Bertz CT molecular complexity index is 936. The molecule has 3 aromatic carbocycles. The van der Waals surface area contributed by atoms with E-state index in [1.54, 1.807) is 0 Å². The van der Waals surface area contributed by atoms with Gasteiger partial charge in [-0.25, -0.2) is 4.57 Å². The van der Waals surface area contributed by atoms with Crippen molar-refractivity contribution in [2.75, 3.05) is 79.3 Å². The van der Waals surface area contributed by atoms with Gasteiger partial charge >= 0.3 is 7.82 Å². The second-order valence-corrected chi connectivity index (χ2v) is 9.94. The van der Waals surface area contributed by atoms with Crippen molar-refractivity contribution in [2.45, 2.75) is 0 Å². The molecule has 0 atom stereocenters. The molecule has 0 aliphatic heterocycles. The molecular weight excluding hydrogens is 551 g/mol. The highest BCUT2D eigenvalue weighted by Crippen LogP contribution is 2.49. The van der Waals surface area contributed by atoms with E-state index in [-0.39, 0.29) is 39.6 Å². The number of ether oxygens (including phenoxy) is 6. The van der Waals surface area contributed by atoms with Crippen LogP contribution in [0.4, 0.5) is 0 Å². The Hall–Kier alpha value is -2.95. The molecule has 224 valence electrons. The highest BCUT2D eigenvalue weighted by molar-refractivity contribution is 7.48. The van der Waals surface area contributed by atoms with Crippen LogP contribution in [0.3, 0.4) is 0 Å². The van der Waals surface area contributed by atoms with Gasteiger partial charge in [0.15, 0.2) is 0 Å². The van der Waals surface area contributed by atoms with Crippen molar-refractivity contribution in [1.29, 1.82) is 0 Å². The van der Waals surface area contributed by atoms with E-state index in [1.807, 2.05) is 91.0 Å². The maximum absolute atomic E-state index is 13.1. The third-order valence-electron chi connectivity index (χ3n) is 5.15. The molecular formula is C30H39O10P. The Morgan fingerprint density at radius 2 is 0.634 bits per heavy atom. The molecule has 3 rings (SSSR count). The zero-order valence-corrected chi connectivity index (χ0v) is 24.1. The summed E-state index contributed by atoms with van der Waals surface area (Å²) in [4.78, 5) is 0. The average molecular weight is 591 g/mol. The van der Waals surface area contributed by atoms with Crippen molar-refractivity contribution < 1.29 is 46.6 Å². The molecule has 0 saturated heterocycles. The van der Waals surface area contributed by atoms with E-state index < -0.39 is 7.82 Å². The second kappa shape index (κ2) is 20.9. The number of para-hydroxylation sites is 3. The molecule has 41 heavy (non-hydrogen) atoms. The van der Waals surface area contributed by atoms with Crippen molar-refractivity contribution in [3.05, 3.63) is 91.0 Å². The molecule has 0 aliphatic carbocycles. The summed E-state index contributed by atoms with van der Waals surface area (Å²) < 4.78 is 62.7. The summed E-state index contributed by atoms with van der Waals surface area (Å²) in [6.07, 6.45) is 0. The van der Waals surface area contributed by atoms with Crippen molar-refractivity contribution >= 4 is 7.82 Å². The van der Waals surface area contributed by atoms with E-state index in [1.165, 1.54) is 0 Å². The fourth-order valence-corrected chi connectivity index (χ4v) is 4.37. The van der Waals surface area contributed by atoms with E-state index in [4.69, 9.17) is 42.0 Å². The zero-order valence-electron chi connectivity index (χ0n) is 23.2. The molecule has 0 aliphatic rings. The SMILES string of the molecule is O=P(OCCOCCOc1ccccc1)(OCCOCCOc1ccccc1)OCCOCCOc1ccccc1. The number of phosphoric ester groups is 1. The van der Waals surface area contributed by atoms with Crippen LogP contribution >= 0.6 is 7.82 Å². The molecule has 0 unspecified atom stereocenters. The second-order valence-electron chi connectivity index (χ2n) is 8.27. The van der Waals surface area contributed by atoms with Gasteiger partial charge in [0.05, 0.1) is 59.5 Å². The summed E-state index contributed by atoms with van der Waals surface area (Å²) in [5, 5.41) is 0. The number of hydrogen-bond donors (Lipinski definition) is 0. The van der Waals surface area contributed by atoms with Crippen molar-refractivity contribution in [2.24, 2.45) is 0 Å². The molecule has 0 bridgehead atoms. The van der Waals surface area contributed by atoms with Gasteiger partial charge < -0.3 is 28.4 Å². The van der Waals surface area contributed by atoms with E-state index in [2.05, 4.69) is 0 Å². The lowest BCUT2D eigenvalue weighted by atomic mass is 10.3. The number of phosphoric acid groups is 1. The van der Waals surface area contributed by atoms with Gasteiger partial charge in [-0.15, -0.1) is 0 Å². The Morgan fingerprint density at radius 1 is 0.366 bits per heavy atom. The molecule has 10 nitrogen and oxygen atoms in total. The molecule has 0 fully saturated rings. The maximum Gasteiger partial charge on any atom is 0.475 e. The minimum atomic E-state index is -3.86. The van der Waals surface area contributed by atoms with Gasteiger partial charge in [0.2, 0.25) is 0 Å². The maximum atomic E-state index is 13.1. The molecule has 0 N–H and O–H groups in total. The predicted molar refractivity (Wildman–Crippen MR) is 154 cm³/mol. The van der Waals surface area contributed by atoms with Crippen LogP contribution in [-0.2, 0) is 32.3 Å². The van der Waals surface area contributed by atoms with Crippen LogP contribution in [0.5, 0.6) is 17.2 Å². The first-order valence-corrected chi connectivity index (χ1v) is 15.0. The minimum Gasteiger partial charge on any atom is -0.491 e. The number of benzene rings is 3. The highest BCUT2D eigenvalue weighted by atomic mass is 31.2. The summed E-state index contributed by atoms with van der Waals surface area (Å²) in [6.45, 7) is 2.80. The normalized spacial score (nSPS) is 11.3. The van der Waals surface area contributed by atoms with Gasteiger partial charge in [0.1, 0.15) is 37.1 Å². The lowest BCUT2D eigenvalue weighted by Gasteiger charge is -2.18. The van der Waals surface area contributed by atoms with Crippen LogP contribution in [-0.4, -0.2) is 79.3 Å². The number of hydrogen-bond acceptors (Lipinski definition) is 10. The van der Waals surface area contributed by atoms with Gasteiger partial charge in [-0.3, -0.25) is 13.6 Å². The van der Waals surface area contributed by atoms with Crippen LogP contribution in [0.25, 0.3) is 0 Å². The Kier molecular flexibility index (Phi) is 16.6. The topological polar surface area (TPSA) is 100 Å². The predicted octanol–water partition coefficient (Wildman–Crippen LogP) is 5.43. The summed E-state index contributed by atoms with van der Waals surface area (Å²) in [5.41, 5.74) is 0. The van der Waals surface area contributed by atoms with Crippen LogP contribution in [0.1, 0.15) is 0 Å². The lowest BCUT2D eigenvalue weighted by molar-refractivity contribution is 0.0245. The Balaban J connectivity index is 1.28. The fourth-order valence-electron chi connectivity index (χ4n) is 3.25. The molecule has 11 heteroatoms. The van der Waals surface area contributed by atoms with Crippen LogP contribution in [0.2, 0.25) is 0 Å². The quantitative estimate of drug-likeness (QED) is 0.0992. The van der Waals surface area contributed by atoms with Crippen molar-refractivity contribution in [3.63, 3.8) is 0 Å². The monoisotopic (exact) mass is 590 g/mol. The highest BCUT2D eigenvalue weighted by Gasteiger charge is 2.26. The summed E-state index contributed by atoms with van der Waals surface area (Å²) in [5.74, 6) is 2.30. The van der Waals surface area contributed by atoms with E-state index in [9.17, 15) is 4.57 Å². The molecule has 0 saturated carbocycles. The zero-order chi connectivity index (χ0) is 28.7. The first-order chi connectivity index (χ1) is 20.2. The standard InChI is InChI=1S/C30H39O10P/c31-41(38-25-19-32-16-22-35-28-10-4-1-5-11-28,39-26-20-33-17-23-36-29-12-6-2-7-13-29)40-27-21-34-18-24-37-30-14-8-3-9-15-30/h1-15H,16-27H2. The Morgan fingerprint density at radius 3 is 0.927 bits per heavy atom. The fraction of sp³-hybridized carbons (Fsp3) is 0.400. The van der Waals surface area contributed by atoms with Crippen molar-refractivity contribution in [3.8, 4) is 17.2 Å². The van der Waals surface area contributed by atoms with Crippen molar-refractivity contribution in [1.82, 2.24) is 0 Å². The summed E-state index contributed by atoms with van der Waals surface area (Å²) in [6, 6.07) is 28.4. The van der Waals surface area contributed by atoms with Gasteiger partial charge in [0.25, 0.3) is 0 Å². The van der Waals surface area contributed by atoms with E-state index >= 15 is 0 Å². The molecule has 0 amide bonds. The van der Waals surface area contributed by atoms with Crippen LogP contribution < -0.4 is 14.2 Å². The summed E-state index contributed by atoms with van der Waals surface area (Å²) >= 11 is 0. The van der Waals surface area contributed by atoms with Gasteiger partial charge in [-0.2, -0.15) is 0 Å². The van der Waals surface area contributed by atoms with Gasteiger partial charge in [0, 0.05) is 0 Å². The van der Waals surface area contributed by atoms with E-state index in [0.717, 1.165) is 17.2 Å². The minimum absolute atomic E-state index is 0.0140. The molecule has 0 aromatic heterocycles. The molecule has 3 aromatic rings. The first kappa shape index (κ1) is 32.6.